The lowest BCUT2D eigenvalue weighted by molar-refractivity contribution is -0.121. The van der Waals surface area contributed by atoms with E-state index < -0.39 is 23.6 Å². The Hall–Kier alpha value is -2.75. The van der Waals surface area contributed by atoms with Gasteiger partial charge in [0.25, 0.3) is 0 Å². The summed E-state index contributed by atoms with van der Waals surface area (Å²) in [6.07, 6.45) is 3.57. The largest absolute Gasteiger partial charge is 0.336 e. The van der Waals surface area contributed by atoms with Crippen LogP contribution in [0.4, 0.5) is 8.78 Å². The number of aromatic nitrogens is 2. The first-order chi connectivity index (χ1) is 11.4. The Labute approximate surface area is 138 Å². The molecule has 0 spiro atoms. The van der Waals surface area contributed by atoms with Crippen LogP contribution in [0.1, 0.15) is 43.6 Å². The van der Waals surface area contributed by atoms with Crippen molar-refractivity contribution in [3.8, 4) is 6.07 Å². The molecule has 1 amide bonds. The van der Waals surface area contributed by atoms with Crippen LogP contribution >= 0.6 is 0 Å². The molecule has 0 saturated carbocycles. The minimum absolute atomic E-state index is 0.0576. The fourth-order valence-corrected chi connectivity index (χ4v) is 2.38. The van der Waals surface area contributed by atoms with Crippen molar-refractivity contribution in [1.82, 2.24) is 14.9 Å². The molecule has 1 heterocycles. The lowest BCUT2D eigenvalue weighted by Gasteiger charge is -2.14. The standard InChI is InChI=1S/C17H18F2N4O/c1-11(2)17-21-6-8-23(17)7-5-16(24)22-15(10-20)13-4-3-12(18)9-14(13)19/h3-4,6,8-9,11,15H,5,7H2,1-2H3,(H,22,24)/t15-/m1/s1. The van der Waals surface area contributed by atoms with Gasteiger partial charge in [0.1, 0.15) is 23.5 Å². The summed E-state index contributed by atoms with van der Waals surface area (Å²) >= 11 is 0. The molecule has 0 unspecified atom stereocenters. The molecule has 5 nitrogen and oxygen atoms in total. The molecule has 1 N–H and O–H groups in total. The zero-order valence-corrected chi connectivity index (χ0v) is 13.5. The average Bonchev–Trinajstić information content (AvgIpc) is 3.00. The molecule has 2 rings (SSSR count). The summed E-state index contributed by atoms with van der Waals surface area (Å²) in [5, 5.41) is 11.6. The molecular formula is C17H18F2N4O. The van der Waals surface area contributed by atoms with E-state index in [0.717, 1.165) is 18.0 Å². The molecule has 1 aromatic carbocycles. The van der Waals surface area contributed by atoms with E-state index in [1.54, 1.807) is 12.4 Å². The van der Waals surface area contributed by atoms with Crippen LogP contribution in [0.2, 0.25) is 0 Å². The second-order valence-corrected chi connectivity index (χ2v) is 5.68. The number of imidazole rings is 1. The Morgan fingerprint density at radius 3 is 2.79 bits per heavy atom. The fraction of sp³-hybridized carbons (Fsp3) is 0.353. The van der Waals surface area contributed by atoms with Gasteiger partial charge in [0, 0.05) is 42.9 Å². The van der Waals surface area contributed by atoms with Crippen LogP contribution in [-0.2, 0) is 11.3 Å². The second kappa shape index (κ2) is 7.68. The predicted octanol–water partition coefficient (Wildman–Crippen LogP) is 3.06. The lowest BCUT2D eigenvalue weighted by atomic mass is 10.1. The second-order valence-electron chi connectivity index (χ2n) is 5.68. The van der Waals surface area contributed by atoms with Gasteiger partial charge in [-0.15, -0.1) is 0 Å². The van der Waals surface area contributed by atoms with Crippen molar-refractivity contribution >= 4 is 5.91 Å². The van der Waals surface area contributed by atoms with Crippen LogP contribution in [0, 0.1) is 23.0 Å². The number of carbonyl (C=O) groups excluding carboxylic acids is 1. The van der Waals surface area contributed by atoms with E-state index >= 15 is 0 Å². The molecule has 0 aliphatic rings. The third-order valence-corrected chi connectivity index (χ3v) is 3.55. The van der Waals surface area contributed by atoms with Crippen molar-refractivity contribution < 1.29 is 13.6 Å². The van der Waals surface area contributed by atoms with Gasteiger partial charge in [-0.1, -0.05) is 19.9 Å². The third-order valence-electron chi connectivity index (χ3n) is 3.55. The molecular weight excluding hydrogens is 314 g/mol. The van der Waals surface area contributed by atoms with E-state index in [-0.39, 0.29) is 17.9 Å². The van der Waals surface area contributed by atoms with E-state index in [4.69, 9.17) is 5.26 Å². The number of hydrogen-bond acceptors (Lipinski definition) is 3. The highest BCUT2D eigenvalue weighted by molar-refractivity contribution is 5.76. The quantitative estimate of drug-likeness (QED) is 0.884. The van der Waals surface area contributed by atoms with Crippen molar-refractivity contribution in [2.24, 2.45) is 0 Å². The number of carbonyl (C=O) groups is 1. The SMILES string of the molecule is CC(C)c1nccn1CCC(=O)N[C@H](C#N)c1ccc(F)cc1F. The smallest absolute Gasteiger partial charge is 0.223 e. The Balaban J connectivity index is 2.00. The van der Waals surface area contributed by atoms with E-state index in [1.165, 1.54) is 0 Å². The normalized spacial score (nSPS) is 12.0. The minimum Gasteiger partial charge on any atom is -0.336 e. The van der Waals surface area contributed by atoms with Gasteiger partial charge in [-0.25, -0.2) is 13.8 Å². The summed E-state index contributed by atoms with van der Waals surface area (Å²) in [7, 11) is 0. The summed E-state index contributed by atoms with van der Waals surface area (Å²) in [5.41, 5.74) is -0.0576. The summed E-state index contributed by atoms with van der Waals surface area (Å²) in [6.45, 7) is 4.41. The molecule has 7 heteroatoms. The highest BCUT2D eigenvalue weighted by Crippen LogP contribution is 2.18. The number of nitriles is 1. The Bertz CT molecular complexity index is 764. The van der Waals surface area contributed by atoms with Gasteiger partial charge in [0.05, 0.1) is 6.07 Å². The number of benzene rings is 1. The lowest BCUT2D eigenvalue weighted by Crippen LogP contribution is -2.29. The van der Waals surface area contributed by atoms with E-state index in [2.05, 4.69) is 10.3 Å². The first-order valence-corrected chi connectivity index (χ1v) is 7.57. The van der Waals surface area contributed by atoms with Crippen molar-refractivity contribution in [2.45, 2.75) is 38.8 Å². The molecule has 0 aliphatic heterocycles. The third kappa shape index (κ3) is 4.16. The molecule has 126 valence electrons. The van der Waals surface area contributed by atoms with Gasteiger partial charge < -0.3 is 9.88 Å². The number of hydrogen-bond donors (Lipinski definition) is 1. The number of halogens is 2. The molecule has 0 fully saturated rings. The number of amides is 1. The van der Waals surface area contributed by atoms with E-state index in [1.807, 2.05) is 24.5 Å². The van der Waals surface area contributed by atoms with Crippen LogP contribution in [0.15, 0.2) is 30.6 Å². The monoisotopic (exact) mass is 332 g/mol. The van der Waals surface area contributed by atoms with Crippen molar-refractivity contribution in [1.29, 1.82) is 5.26 Å². The van der Waals surface area contributed by atoms with Crippen molar-refractivity contribution in [2.75, 3.05) is 0 Å². The zero-order chi connectivity index (χ0) is 17.7. The fourth-order valence-electron chi connectivity index (χ4n) is 2.38. The molecule has 24 heavy (non-hydrogen) atoms. The number of aryl methyl sites for hydroxylation is 1. The van der Waals surface area contributed by atoms with Gasteiger partial charge in [0.2, 0.25) is 5.91 Å². The molecule has 0 aliphatic carbocycles. The predicted molar refractivity (Wildman–Crippen MR) is 83.8 cm³/mol. The zero-order valence-electron chi connectivity index (χ0n) is 13.5. The highest BCUT2D eigenvalue weighted by Gasteiger charge is 2.18. The maximum absolute atomic E-state index is 13.7. The highest BCUT2D eigenvalue weighted by atomic mass is 19.1. The first-order valence-electron chi connectivity index (χ1n) is 7.57. The van der Waals surface area contributed by atoms with Gasteiger partial charge in [-0.05, 0) is 6.07 Å². The van der Waals surface area contributed by atoms with Crippen LogP contribution in [0.3, 0.4) is 0 Å². The maximum atomic E-state index is 13.7. The van der Waals surface area contributed by atoms with Gasteiger partial charge in [-0.3, -0.25) is 4.79 Å². The maximum Gasteiger partial charge on any atom is 0.223 e. The van der Waals surface area contributed by atoms with Crippen LogP contribution in [0.25, 0.3) is 0 Å². The minimum atomic E-state index is -1.16. The molecule has 0 bridgehead atoms. The topological polar surface area (TPSA) is 70.7 Å². The molecule has 2 aromatic rings. The van der Waals surface area contributed by atoms with Crippen LogP contribution in [0.5, 0.6) is 0 Å². The summed E-state index contributed by atoms with van der Waals surface area (Å²) < 4.78 is 28.5. The van der Waals surface area contributed by atoms with Crippen LogP contribution in [-0.4, -0.2) is 15.5 Å². The van der Waals surface area contributed by atoms with Crippen molar-refractivity contribution in [3.05, 3.63) is 53.6 Å². The molecule has 1 atom stereocenters. The molecule has 1 aromatic heterocycles. The van der Waals surface area contributed by atoms with Gasteiger partial charge in [0.15, 0.2) is 0 Å². The van der Waals surface area contributed by atoms with E-state index in [9.17, 15) is 13.6 Å². The van der Waals surface area contributed by atoms with Crippen LogP contribution < -0.4 is 5.32 Å². The summed E-state index contributed by atoms with van der Waals surface area (Å²) in [5.74, 6) is -0.903. The van der Waals surface area contributed by atoms with Gasteiger partial charge >= 0.3 is 0 Å². The molecule has 0 saturated heterocycles. The number of rotatable bonds is 6. The number of nitrogens with zero attached hydrogens (tertiary/aromatic N) is 3. The molecule has 0 radical (unpaired) electrons. The summed E-state index contributed by atoms with van der Waals surface area (Å²) in [4.78, 5) is 16.3. The Morgan fingerprint density at radius 1 is 1.42 bits per heavy atom. The van der Waals surface area contributed by atoms with E-state index in [0.29, 0.717) is 12.6 Å². The summed E-state index contributed by atoms with van der Waals surface area (Å²) in [6, 6.07) is 3.55. The Kier molecular flexibility index (Phi) is 5.64. The average molecular weight is 332 g/mol. The first kappa shape index (κ1) is 17.6. The van der Waals surface area contributed by atoms with Crippen molar-refractivity contribution in [3.63, 3.8) is 0 Å². The van der Waals surface area contributed by atoms with Gasteiger partial charge in [-0.2, -0.15) is 5.26 Å². The Morgan fingerprint density at radius 2 is 2.17 bits per heavy atom. The number of nitrogens with one attached hydrogen (secondary N) is 1.